The van der Waals surface area contributed by atoms with Crippen LogP contribution in [0.15, 0.2) is 18.5 Å². The van der Waals surface area contributed by atoms with Gasteiger partial charge in [0.15, 0.2) is 11.5 Å². The van der Waals surface area contributed by atoms with Crippen molar-refractivity contribution in [2.75, 3.05) is 30.3 Å². The molecule has 1 saturated heterocycles. The Morgan fingerprint density at radius 3 is 2.70 bits per heavy atom. The van der Waals surface area contributed by atoms with E-state index in [1.54, 1.807) is 10.7 Å². The van der Waals surface area contributed by atoms with E-state index < -0.39 is 0 Å². The average molecular weight is 410 g/mol. The van der Waals surface area contributed by atoms with Gasteiger partial charge < -0.3 is 15.4 Å². The number of rotatable bonds is 8. The second kappa shape index (κ2) is 9.28. The van der Waals surface area contributed by atoms with Crippen molar-refractivity contribution >= 4 is 17.3 Å². The molecule has 0 spiro atoms. The molecule has 3 aromatic heterocycles. The number of imidazole rings is 1. The summed E-state index contributed by atoms with van der Waals surface area (Å²) in [4.78, 5) is 15.9. The molecule has 3 aromatic rings. The van der Waals surface area contributed by atoms with Crippen molar-refractivity contribution in [2.24, 2.45) is 0 Å². The number of aromatic nitrogens is 5. The van der Waals surface area contributed by atoms with Gasteiger partial charge >= 0.3 is 6.01 Å². The molecule has 0 radical (unpaired) electrons. The smallest absolute Gasteiger partial charge is 0.336 e. The van der Waals surface area contributed by atoms with Gasteiger partial charge in [-0.25, -0.2) is 14.5 Å². The van der Waals surface area contributed by atoms with Crippen LogP contribution >= 0.6 is 0 Å². The van der Waals surface area contributed by atoms with Gasteiger partial charge in [0.1, 0.15) is 5.82 Å². The van der Waals surface area contributed by atoms with E-state index >= 15 is 0 Å². The lowest BCUT2D eigenvalue weighted by Crippen LogP contribution is -2.31. The van der Waals surface area contributed by atoms with Crippen molar-refractivity contribution in [2.45, 2.75) is 58.8 Å². The Balaban J connectivity index is 1.58. The number of nitrogens with two attached hydrogens (primary N) is 1. The predicted molar refractivity (Wildman–Crippen MR) is 118 cm³/mol. The Morgan fingerprint density at radius 2 is 1.93 bits per heavy atom. The molecule has 1 aliphatic rings. The van der Waals surface area contributed by atoms with Crippen molar-refractivity contribution in [3.05, 3.63) is 35.3 Å². The van der Waals surface area contributed by atoms with Crippen molar-refractivity contribution in [3.63, 3.8) is 0 Å². The third-order valence-electron chi connectivity index (χ3n) is 5.59. The third-order valence-corrected chi connectivity index (χ3v) is 5.59. The summed E-state index contributed by atoms with van der Waals surface area (Å²) < 4.78 is 7.40. The van der Waals surface area contributed by atoms with Crippen LogP contribution in [0.25, 0.3) is 5.65 Å². The molecule has 0 saturated carbocycles. The van der Waals surface area contributed by atoms with Crippen LogP contribution in [0.5, 0.6) is 6.01 Å². The van der Waals surface area contributed by atoms with Crippen LogP contribution in [0.3, 0.4) is 0 Å². The van der Waals surface area contributed by atoms with E-state index in [0.717, 1.165) is 49.4 Å². The first-order valence-electron chi connectivity index (χ1n) is 11.0. The van der Waals surface area contributed by atoms with Gasteiger partial charge in [0.25, 0.3) is 0 Å². The summed E-state index contributed by atoms with van der Waals surface area (Å²) in [5.41, 5.74) is 10.0. The zero-order chi connectivity index (χ0) is 20.9. The van der Waals surface area contributed by atoms with Crippen LogP contribution < -0.4 is 15.4 Å². The largest absolute Gasteiger partial charge is 0.462 e. The molecule has 4 heterocycles. The van der Waals surface area contributed by atoms with E-state index in [4.69, 9.17) is 15.5 Å². The molecule has 0 amide bonds. The highest BCUT2D eigenvalue weighted by molar-refractivity contribution is 5.60. The molecule has 4 rings (SSSR count). The fraction of sp³-hybridized carbons (Fsp3) is 0.545. The number of nitrogens with zero attached hydrogens (tertiary/aromatic N) is 6. The summed E-state index contributed by atoms with van der Waals surface area (Å²) >= 11 is 0. The molecule has 0 aromatic carbocycles. The Kier molecular flexibility index (Phi) is 6.30. The van der Waals surface area contributed by atoms with Gasteiger partial charge in [0, 0.05) is 25.7 Å². The van der Waals surface area contributed by atoms with Gasteiger partial charge in [0.05, 0.1) is 18.5 Å². The Labute approximate surface area is 177 Å². The van der Waals surface area contributed by atoms with Crippen LogP contribution in [0.2, 0.25) is 0 Å². The summed E-state index contributed by atoms with van der Waals surface area (Å²) in [5.74, 6) is 1.47. The maximum absolute atomic E-state index is 6.08. The third kappa shape index (κ3) is 4.32. The fourth-order valence-corrected chi connectivity index (χ4v) is 3.93. The highest BCUT2D eigenvalue weighted by Gasteiger charge is 2.17. The molecule has 0 atom stereocenters. The zero-order valence-corrected chi connectivity index (χ0v) is 18.0. The summed E-state index contributed by atoms with van der Waals surface area (Å²) in [6.45, 7) is 7.08. The predicted octanol–water partition coefficient (Wildman–Crippen LogP) is 3.42. The fourth-order valence-electron chi connectivity index (χ4n) is 3.93. The molecular formula is C22H31N7O. The Morgan fingerprint density at radius 1 is 1.10 bits per heavy atom. The molecular weight excluding hydrogens is 378 g/mol. The molecule has 0 unspecified atom stereocenters. The van der Waals surface area contributed by atoms with Crippen LogP contribution in [-0.4, -0.2) is 44.3 Å². The first-order chi connectivity index (χ1) is 14.7. The number of aryl methyl sites for hydroxylation is 1. The van der Waals surface area contributed by atoms with Crippen molar-refractivity contribution in [1.29, 1.82) is 0 Å². The van der Waals surface area contributed by atoms with E-state index in [-0.39, 0.29) is 0 Å². The molecule has 1 aliphatic heterocycles. The van der Waals surface area contributed by atoms with Crippen molar-refractivity contribution < 1.29 is 4.74 Å². The number of hydrogen-bond acceptors (Lipinski definition) is 7. The molecule has 8 heteroatoms. The Bertz CT molecular complexity index is 995. The lowest BCUT2D eigenvalue weighted by Gasteiger charge is -2.29. The summed E-state index contributed by atoms with van der Waals surface area (Å²) in [7, 11) is 0. The zero-order valence-electron chi connectivity index (χ0n) is 18.0. The quantitative estimate of drug-likeness (QED) is 0.570. The minimum Gasteiger partial charge on any atom is -0.462 e. The maximum atomic E-state index is 6.08. The second-order valence-electron chi connectivity index (χ2n) is 7.87. The van der Waals surface area contributed by atoms with E-state index in [2.05, 4.69) is 39.9 Å². The van der Waals surface area contributed by atoms with E-state index in [0.29, 0.717) is 30.5 Å². The number of piperidine rings is 1. The second-order valence-corrected chi connectivity index (χ2v) is 7.87. The molecule has 1 fully saturated rings. The summed E-state index contributed by atoms with van der Waals surface area (Å²) in [6.07, 6.45) is 11.2. The lowest BCUT2D eigenvalue weighted by molar-refractivity contribution is 0.280. The SMILES string of the molecule is CCCCOc1nc(N)c2ncc(Cc3cnc(N4CCCCC4)c(CC)c3)n2n1. The van der Waals surface area contributed by atoms with E-state index in [1.165, 1.54) is 24.8 Å². The van der Waals surface area contributed by atoms with Crippen LogP contribution in [0.4, 0.5) is 11.6 Å². The van der Waals surface area contributed by atoms with Crippen LogP contribution in [0, 0.1) is 0 Å². The maximum Gasteiger partial charge on any atom is 0.336 e. The molecule has 30 heavy (non-hydrogen) atoms. The average Bonchev–Trinajstić information content (AvgIpc) is 3.17. The Hall–Kier alpha value is -2.90. The topological polar surface area (TPSA) is 94.5 Å². The van der Waals surface area contributed by atoms with Gasteiger partial charge in [-0.1, -0.05) is 26.3 Å². The van der Waals surface area contributed by atoms with Gasteiger partial charge in [-0.2, -0.15) is 4.98 Å². The number of fused-ring (bicyclic) bond motifs is 1. The van der Waals surface area contributed by atoms with Gasteiger partial charge in [-0.15, -0.1) is 5.10 Å². The van der Waals surface area contributed by atoms with Crippen molar-refractivity contribution in [3.8, 4) is 6.01 Å². The number of hydrogen-bond donors (Lipinski definition) is 1. The van der Waals surface area contributed by atoms with Gasteiger partial charge in [-0.05, 0) is 43.2 Å². The van der Waals surface area contributed by atoms with Gasteiger partial charge in [0.2, 0.25) is 0 Å². The number of ether oxygens (including phenoxy) is 1. The lowest BCUT2D eigenvalue weighted by atomic mass is 10.1. The minimum absolute atomic E-state index is 0.292. The summed E-state index contributed by atoms with van der Waals surface area (Å²) in [6, 6.07) is 2.56. The molecule has 0 bridgehead atoms. The normalized spacial score (nSPS) is 14.4. The van der Waals surface area contributed by atoms with E-state index in [1.807, 2.05) is 6.20 Å². The highest BCUT2D eigenvalue weighted by Crippen LogP contribution is 2.24. The first kappa shape index (κ1) is 20.4. The van der Waals surface area contributed by atoms with E-state index in [9.17, 15) is 0 Å². The molecule has 2 N–H and O–H groups in total. The minimum atomic E-state index is 0.292. The number of pyridine rings is 1. The first-order valence-corrected chi connectivity index (χ1v) is 11.0. The number of nitrogen functional groups attached to an aromatic ring is 1. The number of unbranched alkanes of at least 4 members (excludes halogenated alkanes) is 1. The number of anilines is 2. The molecule has 0 aliphatic carbocycles. The standard InChI is InChI=1S/C22H31N7O/c1-3-5-11-30-22-26-19(23)21-25-15-18(29(21)27-22)13-16-12-17(4-2)20(24-14-16)28-9-7-6-8-10-28/h12,14-15H,3-11,13H2,1-2H3,(H2,23,26,27). The highest BCUT2D eigenvalue weighted by atomic mass is 16.5. The van der Waals surface area contributed by atoms with Crippen molar-refractivity contribution in [1.82, 2.24) is 24.6 Å². The van der Waals surface area contributed by atoms with Crippen LogP contribution in [0.1, 0.15) is 62.8 Å². The molecule has 160 valence electrons. The van der Waals surface area contributed by atoms with Gasteiger partial charge in [-0.3, -0.25) is 0 Å². The monoisotopic (exact) mass is 409 g/mol. The van der Waals surface area contributed by atoms with Crippen LogP contribution in [-0.2, 0) is 12.8 Å². The summed E-state index contributed by atoms with van der Waals surface area (Å²) in [5, 5.41) is 4.51. The molecule has 8 nitrogen and oxygen atoms in total.